The van der Waals surface area contributed by atoms with Gasteiger partial charge in [-0.1, -0.05) is 6.92 Å². The van der Waals surface area contributed by atoms with E-state index in [1.54, 1.807) is 7.05 Å². The standard InChI is InChI=1S/C9H11F2N/c1-3-7-8(11)4-6(10)5-9(7)12-2/h4-5,12H,3H2,1-2H3. The van der Waals surface area contributed by atoms with Crippen molar-refractivity contribution < 1.29 is 8.78 Å². The maximum absolute atomic E-state index is 13.0. The van der Waals surface area contributed by atoms with Crippen molar-refractivity contribution >= 4 is 5.69 Å². The largest absolute Gasteiger partial charge is 0.388 e. The Hall–Kier alpha value is -1.12. The lowest BCUT2D eigenvalue weighted by molar-refractivity contribution is 0.575. The third-order valence-electron chi connectivity index (χ3n) is 1.78. The second-order valence-electron chi connectivity index (χ2n) is 2.52. The average Bonchev–Trinajstić information content (AvgIpc) is 2.03. The number of anilines is 1. The van der Waals surface area contributed by atoms with Crippen LogP contribution in [0.5, 0.6) is 0 Å². The first-order valence-electron chi connectivity index (χ1n) is 3.84. The summed E-state index contributed by atoms with van der Waals surface area (Å²) in [6, 6.07) is 2.20. The molecule has 0 aliphatic heterocycles. The summed E-state index contributed by atoms with van der Waals surface area (Å²) in [5.74, 6) is -1.03. The fraction of sp³-hybridized carbons (Fsp3) is 0.333. The summed E-state index contributed by atoms with van der Waals surface area (Å²) < 4.78 is 25.7. The lowest BCUT2D eigenvalue weighted by Crippen LogP contribution is -1.98. The molecule has 1 aromatic carbocycles. The monoisotopic (exact) mass is 171 g/mol. The normalized spacial score (nSPS) is 10.0. The smallest absolute Gasteiger partial charge is 0.131 e. The van der Waals surface area contributed by atoms with E-state index in [9.17, 15) is 8.78 Å². The van der Waals surface area contributed by atoms with E-state index in [4.69, 9.17) is 0 Å². The van der Waals surface area contributed by atoms with E-state index in [2.05, 4.69) is 5.32 Å². The number of halogens is 2. The molecule has 0 heterocycles. The number of nitrogens with one attached hydrogen (secondary N) is 1. The molecule has 0 aromatic heterocycles. The van der Waals surface area contributed by atoms with E-state index in [0.717, 1.165) is 6.07 Å². The van der Waals surface area contributed by atoms with Gasteiger partial charge in [0.1, 0.15) is 11.6 Å². The van der Waals surface area contributed by atoms with Gasteiger partial charge in [0, 0.05) is 24.4 Å². The fourth-order valence-corrected chi connectivity index (χ4v) is 1.19. The van der Waals surface area contributed by atoms with Crippen LogP contribution in [0.3, 0.4) is 0 Å². The zero-order valence-electron chi connectivity index (χ0n) is 7.12. The van der Waals surface area contributed by atoms with Gasteiger partial charge in [-0.25, -0.2) is 8.78 Å². The third kappa shape index (κ3) is 1.55. The molecule has 0 aliphatic rings. The predicted molar refractivity (Wildman–Crippen MR) is 45.3 cm³/mol. The lowest BCUT2D eigenvalue weighted by atomic mass is 10.1. The highest BCUT2D eigenvalue weighted by Gasteiger charge is 2.07. The van der Waals surface area contributed by atoms with Crippen LogP contribution in [0.1, 0.15) is 12.5 Å². The molecule has 0 saturated heterocycles. The Balaban J connectivity index is 3.24. The van der Waals surface area contributed by atoms with Crippen LogP contribution >= 0.6 is 0 Å². The van der Waals surface area contributed by atoms with Gasteiger partial charge in [-0.3, -0.25) is 0 Å². The van der Waals surface area contributed by atoms with Gasteiger partial charge >= 0.3 is 0 Å². The first-order chi connectivity index (χ1) is 5.69. The highest BCUT2D eigenvalue weighted by atomic mass is 19.1. The lowest BCUT2D eigenvalue weighted by Gasteiger charge is -2.07. The van der Waals surface area contributed by atoms with E-state index >= 15 is 0 Å². The van der Waals surface area contributed by atoms with Gasteiger partial charge in [-0.15, -0.1) is 0 Å². The highest BCUT2D eigenvalue weighted by molar-refractivity contribution is 5.51. The van der Waals surface area contributed by atoms with Crippen molar-refractivity contribution in [3.05, 3.63) is 29.3 Å². The number of benzene rings is 1. The number of rotatable bonds is 2. The molecule has 3 heteroatoms. The Bertz CT molecular complexity index is 284. The molecule has 12 heavy (non-hydrogen) atoms. The third-order valence-corrected chi connectivity index (χ3v) is 1.78. The molecule has 0 aliphatic carbocycles. The van der Waals surface area contributed by atoms with Crippen LogP contribution in [0.15, 0.2) is 12.1 Å². The van der Waals surface area contributed by atoms with Gasteiger partial charge < -0.3 is 5.32 Å². The van der Waals surface area contributed by atoms with Gasteiger partial charge in [0.05, 0.1) is 0 Å². The van der Waals surface area contributed by atoms with Crippen molar-refractivity contribution in [3.63, 3.8) is 0 Å². The van der Waals surface area contributed by atoms with Gasteiger partial charge in [-0.05, 0) is 12.5 Å². The molecular formula is C9H11F2N. The van der Waals surface area contributed by atoms with Crippen LogP contribution in [0, 0.1) is 11.6 Å². The van der Waals surface area contributed by atoms with E-state index in [1.165, 1.54) is 6.07 Å². The van der Waals surface area contributed by atoms with E-state index in [1.807, 2.05) is 6.92 Å². The summed E-state index contributed by atoms with van der Waals surface area (Å²) in [5.41, 5.74) is 1.05. The topological polar surface area (TPSA) is 12.0 Å². The van der Waals surface area contributed by atoms with Crippen molar-refractivity contribution in [2.24, 2.45) is 0 Å². The Labute approximate surface area is 70.4 Å². The molecule has 0 bridgehead atoms. The van der Waals surface area contributed by atoms with Crippen LogP contribution in [-0.2, 0) is 6.42 Å². The van der Waals surface area contributed by atoms with E-state index in [0.29, 0.717) is 17.7 Å². The Morgan fingerprint density at radius 2 is 2.00 bits per heavy atom. The van der Waals surface area contributed by atoms with Crippen molar-refractivity contribution in [1.29, 1.82) is 0 Å². The molecule has 1 rings (SSSR count). The first kappa shape index (κ1) is 8.97. The minimum absolute atomic E-state index is 0.484. The van der Waals surface area contributed by atoms with Gasteiger partial charge in [0.15, 0.2) is 0 Å². The molecule has 66 valence electrons. The maximum atomic E-state index is 13.0. The van der Waals surface area contributed by atoms with Crippen molar-refractivity contribution in [2.75, 3.05) is 12.4 Å². The quantitative estimate of drug-likeness (QED) is 0.721. The van der Waals surface area contributed by atoms with Crippen molar-refractivity contribution in [3.8, 4) is 0 Å². The zero-order chi connectivity index (χ0) is 9.14. The van der Waals surface area contributed by atoms with Crippen LogP contribution in [0.2, 0.25) is 0 Å². The zero-order valence-corrected chi connectivity index (χ0v) is 7.12. The molecule has 0 saturated carbocycles. The molecule has 0 spiro atoms. The maximum Gasteiger partial charge on any atom is 0.131 e. The molecule has 0 atom stereocenters. The number of hydrogen-bond acceptors (Lipinski definition) is 1. The summed E-state index contributed by atoms with van der Waals surface area (Å²) in [4.78, 5) is 0. The van der Waals surface area contributed by atoms with Crippen LogP contribution in [0.4, 0.5) is 14.5 Å². The Morgan fingerprint density at radius 3 is 2.50 bits per heavy atom. The molecule has 1 nitrogen and oxygen atoms in total. The average molecular weight is 171 g/mol. The number of hydrogen-bond donors (Lipinski definition) is 1. The molecule has 0 fully saturated rings. The molecule has 1 aromatic rings. The van der Waals surface area contributed by atoms with Gasteiger partial charge in [-0.2, -0.15) is 0 Å². The second kappa shape index (κ2) is 3.52. The van der Waals surface area contributed by atoms with Crippen molar-refractivity contribution in [1.82, 2.24) is 0 Å². The van der Waals surface area contributed by atoms with Crippen LogP contribution in [-0.4, -0.2) is 7.05 Å². The summed E-state index contributed by atoms with van der Waals surface area (Å²) in [7, 11) is 1.65. The molecule has 1 N–H and O–H groups in total. The molecule has 0 unspecified atom stereocenters. The van der Waals surface area contributed by atoms with Crippen molar-refractivity contribution in [2.45, 2.75) is 13.3 Å². The van der Waals surface area contributed by atoms with E-state index < -0.39 is 11.6 Å². The highest BCUT2D eigenvalue weighted by Crippen LogP contribution is 2.20. The minimum Gasteiger partial charge on any atom is -0.388 e. The Kier molecular flexibility index (Phi) is 2.63. The predicted octanol–water partition coefficient (Wildman–Crippen LogP) is 2.57. The minimum atomic E-state index is -0.547. The van der Waals surface area contributed by atoms with Gasteiger partial charge in [0.2, 0.25) is 0 Å². The van der Waals surface area contributed by atoms with Crippen LogP contribution in [0.25, 0.3) is 0 Å². The molecule has 0 amide bonds. The summed E-state index contributed by atoms with van der Waals surface area (Å²) in [6.07, 6.45) is 0.558. The first-order valence-corrected chi connectivity index (χ1v) is 3.84. The Morgan fingerprint density at radius 1 is 1.33 bits per heavy atom. The molecular weight excluding hydrogens is 160 g/mol. The summed E-state index contributed by atoms with van der Waals surface area (Å²) >= 11 is 0. The second-order valence-corrected chi connectivity index (χ2v) is 2.52. The summed E-state index contributed by atoms with van der Waals surface area (Å²) in [6.45, 7) is 1.83. The van der Waals surface area contributed by atoms with Crippen LogP contribution < -0.4 is 5.32 Å². The fourth-order valence-electron chi connectivity index (χ4n) is 1.19. The van der Waals surface area contributed by atoms with Gasteiger partial charge in [0.25, 0.3) is 0 Å². The van der Waals surface area contributed by atoms with E-state index in [-0.39, 0.29) is 0 Å². The SMILES string of the molecule is CCc1c(F)cc(F)cc1NC. The molecule has 0 radical (unpaired) electrons. The summed E-state index contributed by atoms with van der Waals surface area (Å²) in [5, 5.41) is 2.75.